The first-order chi connectivity index (χ1) is 17.5. The quantitative estimate of drug-likeness (QED) is 0.434. The van der Waals surface area contributed by atoms with Crippen LogP contribution in [0.2, 0.25) is 0 Å². The SMILES string of the molecule is C.O=C1c2c(O)c(=O)ccn2N2CN1CC/C=C\COc1cc(F)c(F)c3c1[C@@H]2c1ccccc1SC3. The number of pyridine rings is 1. The molecule has 3 aliphatic rings. The average Bonchev–Trinajstić information content (AvgIpc) is 3.04. The normalized spacial score (nSPS) is 19.1. The van der Waals surface area contributed by atoms with E-state index in [2.05, 4.69) is 0 Å². The number of aromatic nitrogens is 1. The van der Waals surface area contributed by atoms with Crippen molar-refractivity contribution in [3.8, 4) is 11.5 Å². The lowest BCUT2D eigenvalue weighted by atomic mass is 9.92. The first-order valence-electron chi connectivity index (χ1n) is 11.5. The molecule has 1 aromatic heterocycles. The van der Waals surface area contributed by atoms with Crippen molar-refractivity contribution in [2.45, 2.75) is 30.5 Å². The van der Waals surface area contributed by atoms with E-state index in [0.717, 1.165) is 16.5 Å². The molecule has 7 nitrogen and oxygen atoms in total. The summed E-state index contributed by atoms with van der Waals surface area (Å²) >= 11 is 1.39. The molecule has 2 bridgehead atoms. The predicted molar refractivity (Wildman–Crippen MR) is 137 cm³/mol. The zero-order valence-electron chi connectivity index (χ0n) is 19.0. The van der Waals surface area contributed by atoms with Crippen molar-refractivity contribution in [1.29, 1.82) is 0 Å². The molecule has 4 heterocycles. The van der Waals surface area contributed by atoms with Crippen LogP contribution in [0.25, 0.3) is 0 Å². The Hall–Kier alpha value is -3.79. The molecule has 192 valence electrons. The summed E-state index contributed by atoms with van der Waals surface area (Å²) in [5.41, 5.74) is 0.581. The van der Waals surface area contributed by atoms with Gasteiger partial charge in [-0.15, -0.1) is 11.8 Å². The smallest absolute Gasteiger partial charge is 0.277 e. The van der Waals surface area contributed by atoms with Gasteiger partial charge in [0.25, 0.3) is 5.91 Å². The molecule has 0 radical (unpaired) electrons. The highest BCUT2D eigenvalue weighted by molar-refractivity contribution is 7.98. The van der Waals surface area contributed by atoms with E-state index in [1.54, 1.807) is 16.0 Å². The van der Waals surface area contributed by atoms with Gasteiger partial charge >= 0.3 is 0 Å². The molecule has 1 amide bonds. The molecule has 3 aromatic rings. The van der Waals surface area contributed by atoms with Gasteiger partial charge in [-0.3, -0.25) is 19.3 Å². The Morgan fingerprint density at radius 1 is 1.11 bits per heavy atom. The molecular weight excluding hydrogens is 500 g/mol. The number of nitrogens with zero attached hydrogens (tertiary/aromatic N) is 3. The number of amides is 1. The number of hydrogen-bond acceptors (Lipinski definition) is 6. The molecule has 10 heteroatoms. The summed E-state index contributed by atoms with van der Waals surface area (Å²) in [6.45, 7) is 0.565. The molecule has 0 unspecified atom stereocenters. The van der Waals surface area contributed by atoms with E-state index in [9.17, 15) is 19.1 Å². The third-order valence-corrected chi connectivity index (χ3v) is 7.80. The van der Waals surface area contributed by atoms with Crippen molar-refractivity contribution < 1.29 is 23.4 Å². The van der Waals surface area contributed by atoms with Gasteiger partial charge in [-0.05, 0) is 18.1 Å². The van der Waals surface area contributed by atoms with Crippen LogP contribution < -0.4 is 15.2 Å². The minimum Gasteiger partial charge on any atom is -0.502 e. The van der Waals surface area contributed by atoms with Gasteiger partial charge in [-0.25, -0.2) is 8.78 Å². The van der Waals surface area contributed by atoms with Crippen molar-refractivity contribution in [3.05, 3.63) is 99.0 Å². The van der Waals surface area contributed by atoms with Crippen molar-refractivity contribution in [1.82, 2.24) is 9.58 Å². The first-order valence-corrected chi connectivity index (χ1v) is 12.5. The fraction of sp³-hybridized carbons (Fsp3) is 0.259. The van der Waals surface area contributed by atoms with Crippen molar-refractivity contribution in [3.63, 3.8) is 0 Å². The van der Waals surface area contributed by atoms with Gasteiger partial charge in [0, 0.05) is 46.6 Å². The molecule has 0 aliphatic carbocycles. The fourth-order valence-electron chi connectivity index (χ4n) is 5.00. The lowest BCUT2D eigenvalue weighted by molar-refractivity contribution is 0.0682. The highest BCUT2D eigenvalue weighted by Gasteiger charge is 2.40. The van der Waals surface area contributed by atoms with Crippen LogP contribution in [0.4, 0.5) is 8.78 Å². The number of hydrogen-bond donors (Lipinski definition) is 1. The van der Waals surface area contributed by atoms with Gasteiger partial charge in [-0.2, -0.15) is 0 Å². The number of thioether (sulfide) groups is 1. The second kappa shape index (κ2) is 9.59. The number of benzene rings is 2. The number of carbonyl (C=O) groups excluding carboxylic acids is 1. The number of ether oxygens (including phenoxy) is 1. The predicted octanol–water partition coefficient (Wildman–Crippen LogP) is 4.55. The molecule has 0 fully saturated rings. The second-order valence-corrected chi connectivity index (χ2v) is 9.75. The number of halogens is 2. The van der Waals surface area contributed by atoms with Gasteiger partial charge < -0.3 is 14.7 Å². The molecule has 6 rings (SSSR count). The molecule has 2 aromatic carbocycles. The maximum absolute atomic E-state index is 15.3. The van der Waals surface area contributed by atoms with Crippen LogP contribution in [0.3, 0.4) is 0 Å². The number of rotatable bonds is 0. The Morgan fingerprint density at radius 2 is 1.92 bits per heavy atom. The van der Waals surface area contributed by atoms with Crippen LogP contribution >= 0.6 is 11.8 Å². The summed E-state index contributed by atoms with van der Waals surface area (Å²) in [4.78, 5) is 28.1. The van der Waals surface area contributed by atoms with Gasteiger partial charge in [0.2, 0.25) is 5.43 Å². The summed E-state index contributed by atoms with van der Waals surface area (Å²) in [5, 5.41) is 12.4. The second-order valence-electron chi connectivity index (χ2n) is 8.73. The summed E-state index contributed by atoms with van der Waals surface area (Å²) in [5.74, 6) is -2.70. The maximum atomic E-state index is 15.3. The number of aromatic hydroxyl groups is 1. The molecule has 0 saturated carbocycles. The molecule has 0 spiro atoms. The minimum atomic E-state index is -0.998. The molecule has 0 saturated heterocycles. The Bertz CT molecular complexity index is 1490. The lowest BCUT2D eigenvalue weighted by Gasteiger charge is -2.44. The van der Waals surface area contributed by atoms with E-state index in [0.29, 0.717) is 18.5 Å². The summed E-state index contributed by atoms with van der Waals surface area (Å²) in [6.07, 6.45) is 5.55. The Labute approximate surface area is 216 Å². The highest BCUT2D eigenvalue weighted by Crippen LogP contribution is 2.47. The van der Waals surface area contributed by atoms with Crippen LogP contribution in [0.15, 0.2) is 64.4 Å². The lowest BCUT2D eigenvalue weighted by Crippen LogP contribution is -2.55. The number of carbonyl (C=O) groups is 1. The molecule has 1 atom stereocenters. The monoisotopic (exact) mass is 525 g/mol. The molecular formula is C27H25F2N3O4S. The fourth-order valence-corrected chi connectivity index (χ4v) is 6.10. The van der Waals surface area contributed by atoms with E-state index in [4.69, 9.17) is 4.74 Å². The van der Waals surface area contributed by atoms with Gasteiger partial charge in [0.1, 0.15) is 25.1 Å². The van der Waals surface area contributed by atoms with Crippen molar-refractivity contribution in [2.24, 2.45) is 0 Å². The van der Waals surface area contributed by atoms with E-state index in [1.165, 1.54) is 28.7 Å². The molecule has 1 N–H and O–H groups in total. The highest BCUT2D eigenvalue weighted by atomic mass is 32.2. The van der Waals surface area contributed by atoms with E-state index < -0.39 is 34.8 Å². The van der Waals surface area contributed by atoms with Crippen LogP contribution in [0.1, 0.15) is 47.1 Å². The van der Waals surface area contributed by atoms with Crippen LogP contribution in [0, 0.1) is 11.6 Å². The van der Waals surface area contributed by atoms with Crippen LogP contribution in [-0.4, -0.2) is 40.4 Å². The van der Waals surface area contributed by atoms with E-state index >= 15 is 4.39 Å². The Kier molecular flexibility index (Phi) is 6.45. The zero-order chi connectivity index (χ0) is 25.0. The third kappa shape index (κ3) is 3.96. The average molecular weight is 526 g/mol. The summed E-state index contributed by atoms with van der Waals surface area (Å²) in [6, 6.07) is 9.09. The van der Waals surface area contributed by atoms with E-state index in [-0.39, 0.29) is 43.5 Å². The standard InChI is InChI=1S/C26H21F2N3O4S.CH4/c27-17-12-19-21-16(22(17)28)13-36-20-7-3-2-6-15(20)23(21)31-14-29(9-4-1-5-11-35-19)26(34)24-25(33)18(32)8-10-30(24)31;/h1-3,5-8,10,12,23,33H,4,9,11,13-14H2;1H4/b5-1-;/t23-;/m0./s1. The van der Waals surface area contributed by atoms with Gasteiger partial charge in [-0.1, -0.05) is 37.8 Å². The van der Waals surface area contributed by atoms with E-state index in [1.807, 2.05) is 30.3 Å². The van der Waals surface area contributed by atoms with Crippen molar-refractivity contribution in [2.75, 3.05) is 24.8 Å². The largest absolute Gasteiger partial charge is 0.502 e. The molecule has 37 heavy (non-hydrogen) atoms. The topological polar surface area (TPSA) is 75.0 Å². The van der Waals surface area contributed by atoms with Gasteiger partial charge in [0.05, 0.1) is 0 Å². The van der Waals surface area contributed by atoms with Crippen LogP contribution in [-0.2, 0) is 5.75 Å². The minimum absolute atomic E-state index is 0. The van der Waals surface area contributed by atoms with Crippen LogP contribution in [0.5, 0.6) is 11.5 Å². The first kappa shape index (κ1) is 24.9. The van der Waals surface area contributed by atoms with Gasteiger partial charge in [0.15, 0.2) is 23.1 Å². The van der Waals surface area contributed by atoms with Crippen molar-refractivity contribution >= 4 is 17.7 Å². The number of fused-ring (bicyclic) bond motifs is 7. The third-order valence-electron chi connectivity index (χ3n) is 6.68. The Balaban J connectivity index is 0.00000280. The zero-order valence-corrected chi connectivity index (χ0v) is 19.8. The maximum Gasteiger partial charge on any atom is 0.277 e. The molecule has 3 aliphatic heterocycles. The Morgan fingerprint density at radius 3 is 2.76 bits per heavy atom. The summed E-state index contributed by atoms with van der Waals surface area (Å²) < 4.78 is 37.5. The summed E-state index contributed by atoms with van der Waals surface area (Å²) in [7, 11) is 0.